The third kappa shape index (κ3) is 5.35. The van der Waals surface area contributed by atoms with Gasteiger partial charge in [-0.05, 0) is 48.1 Å². The molecule has 0 spiro atoms. The van der Waals surface area contributed by atoms with Gasteiger partial charge in [0.1, 0.15) is 0 Å². The van der Waals surface area contributed by atoms with Gasteiger partial charge in [-0.2, -0.15) is 0 Å². The second kappa shape index (κ2) is 11.5. The molecule has 202 valence electrons. The highest BCUT2D eigenvalue weighted by molar-refractivity contribution is 8.18. The topological polar surface area (TPSA) is 101 Å². The smallest absolute Gasteiger partial charge is 0.293 e. The standard InChI is InChI=1S/C29H30N4O5S/c1-4-32-13-11-22-20(17-32)26(19-7-5-6-8-21(19)31-22)27(34)30-12-14-33-28(35)25(39-29(33)36)16-18-9-10-23(37-2)24(15-18)38-3/h5-10,15-16H,4,11-14,17H2,1-3H3,(H,30,34). The number of methoxy groups -OCH3 is 2. The van der Waals surface area contributed by atoms with Gasteiger partial charge in [0.05, 0.1) is 30.2 Å². The summed E-state index contributed by atoms with van der Waals surface area (Å²) in [5.74, 6) is 0.486. The van der Waals surface area contributed by atoms with Crippen LogP contribution in [0.25, 0.3) is 17.0 Å². The normalized spacial score (nSPS) is 16.6. The molecule has 9 nitrogen and oxygen atoms in total. The van der Waals surface area contributed by atoms with E-state index in [0.717, 1.165) is 58.3 Å². The highest BCUT2D eigenvalue weighted by atomic mass is 32.2. The summed E-state index contributed by atoms with van der Waals surface area (Å²) < 4.78 is 10.6. The Kier molecular flexibility index (Phi) is 7.85. The molecule has 39 heavy (non-hydrogen) atoms. The number of rotatable bonds is 8. The van der Waals surface area contributed by atoms with Gasteiger partial charge in [-0.25, -0.2) is 0 Å². The van der Waals surface area contributed by atoms with Crippen molar-refractivity contribution in [1.29, 1.82) is 0 Å². The predicted octanol–water partition coefficient (Wildman–Crippen LogP) is 4.10. The minimum absolute atomic E-state index is 0.0754. The molecule has 1 aromatic heterocycles. The number of fused-ring (bicyclic) bond motifs is 2. The highest BCUT2D eigenvalue weighted by Gasteiger charge is 2.35. The minimum atomic E-state index is -0.389. The molecule has 1 saturated heterocycles. The summed E-state index contributed by atoms with van der Waals surface area (Å²) in [5, 5.41) is 3.38. The first kappa shape index (κ1) is 26.7. The van der Waals surface area contributed by atoms with Gasteiger partial charge < -0.3 is 14.8 Å². The number of amides is 3. The molecular formula is C29H30N4O5S. The van der Waals surface area contributed by atoms with E-state index in [4.69, 9.17) is 14.5 Å². The number of carbonyl (C=O) groups excluding carboxylic acids is 3. The summed E-state index contributed by atoms with van der Waals surface area (Å²) in [4.78, 5) is 47.7. The number of hydrogen-bond donors (Lipinski definition) is 1. The van der Waals surface area contributed by atoms with Crippen molar-refractivity contribution in [2.75, 3.05) is 40.4 Å². The first-order valence-corrected chi connectivity index (χ1v) is 13.6. The molecule has 2 aliphatic heterocycles. The highest BCUT2D eigenvalue weighted by Crippen LogP contribution is 2.34. The zero-order valence-electron chi connectivity index (χ0n) is 22.2. The van der Waals surface area contributed by atoms with Crippen LogP contribution in [-0.4, -0.2) is 72.2 Å². The second-order valence-electron chi connectivity index (χ2n) is 9.25. The van der Waals surface area contributed by atoms with Gasteiger partial charge in [0.15, 0.2) is 11.5 Å². The summed E-state index contributed by atoms with van der Waals surface area (Å²) in [5.41, 5.74) is 4.02. The van der Waals surface area contributed by atoms with Crippen LogP contribution in [0, 0.1) is 0 Å². The number of imide groups is 1. The number of thioether (sulfide) groups is 1. The number of benzene rings is 2. The van der Waals surface area contributed by atoms with Gasteiger partial charge in [0.25, 0.3) is 17.1 Å². The van der Waals surface area contributed by atoms with E-state index in [2.05, 4.69) is 17.1 Å². The number of nitrogens with zero attached hydrogens (tertiary/aromatic N) is 3. The monoisotopic (exact) mass is 546 g/mol. The summed E-state index contributed by atoms with van der Waals surface area (Å²) in [6.07, 6.45) is 2.44. The van der Waals surface area contributed by atoms with Gasteiger partial charge in [0.2, 0.25) is 0 Å². The molecule has 3 aromatic rings. The van der Waals surface area contributed by atoms with E-state index in [1.165, 1.54) is 7.11 Å². The summed E-state index contributed by atoms with van der Waals surface area (Å²) in [6.45, 7) is 4.79. The van der Waals surface area contributed by atoms with E-state index in [9.17, 15) is 14.4 Å². The number of para-hydroxylation sites is 1. The lowest BCUT2D eigenvalue weighted by Gasteiger charge is -2.29. The molecule has 10 heteroatoms. The van der Waals surface area contributed by atoms with Crippen molar-refractivity contribution in [3.05, 3.63) is 69.8 Å². The molecule has 0 bridgehead atoms. The van der Waals surface area contributed by atoms with Crippen molar-refractivity contribution in [3.8, 4) is 11.5 Å². The molecule has 5 rings (SSSR count). The van der Waals surface area contributed by atoms with Crippen LogP contribution in [-0.2, 0) is 17.8 Å². The first-order valence-electron chi connectivity index (χ1n) is 12.8. The quantitative estimate of drug-likeness (QED) is 0.422. The predicted molar refractivity (Wildman–Crippen MR) is 151 cm³/mol. The van der Waals surface area contributed by atoms with Crippen molar-refractivity contribution >= 4 is 45.8 Å². The Labute approximate surface area is 231 Å². The Morgan fingerprint density at radius 2 is 1.92 bits per heavy atom. The fourth-order valence-electron chi connectivity index (χ4n) is 4.93. The second-order valence-corrected chi connectivity index (χ2v) is 10.2. The maximum atomic E-state index is 13.5. The Morgan fingerprint density at radius 3 is 2.69 bits per heavy atom. The molecule has 2 aromatic carbocycles. The van der Waals surface area contributed by atoms with E-state index in [0.29, 0.717) is 34.1 Å². The van der Waals surface area contributed by atoms with Crippen LogP contribution in [0.2, 0.25) is 0 Å². The minimum Gasteiger partial charge on any atom is -0.493 e. The van der Waals surface area contributed by atoms with Crippen molar-refractivity contribution < 1.29 is 23.9 Å². The van der Waals surface area contributed by atoms with Gasteiger partial charge in [-0.3, -0.25) is 29.2 Å². The van der Waals surface area contributed by atoms with Crippen molar-refractivity contribution in [1.82, 2.24) is 20.1 Å². The van der Waals surface area contributed by atoms with Gasteiger partial charge in [-0.15, -0.1) is 0 Å². The lowest BCUT2D eigenvalue weighted by atomic mass is 9.95. The molecule has 2 aliphatic rings. The third-order valence-electron chi connectivity index (χ3n) is 7.00. The largest absolute Gasteiger partial charge is 0.493 e. The van der Waals surface area contributed by atoms with E-state index in [1.807, 2.05) is 24.3 Å². The van der Waals surface area contributed by atoms with E-state index >= 15 is 0 Å². The van der Waals surface area contributed by atoms with Crippen molar-refractivity contribution in [3.63, 3.8) is 0 Å². The lowest BCUT2D eigenvalue weighted by Crippen LogP contribution is -2.38. The molecule has 0 aliphatic carbocycles. The molecule has 0 saturated carbocycles. The Balaban J connectivity index is 1.30. The molecule has 1 N–H and O–H groups in total. The van der Waals surface area contributed by atoms with Gasteiger partial charge in [0, 0.05) is 49.2 Å². The van der Waals surface area contributed by atoms with E-state index in [-0.39, 0.29) is 30.1 Å². The maximum Gasteiger partial charge on any atom is 0.293 e. The molecule has 0 unspecified atom stereocenters. The van der Waals surface area contributed by atoms with Crippen LogP contribution in [0.4, 0.5) is 4.79 Å². The SMILES string of the molecule is CCN1CCc2nc3ccccc3c(C(=O)NCCN3C(=O)SC(=Cc4ccc(OC)c(OC)c4)C3=O)c2C1. The average Bonchev–Trinajstić information content (AvgIpc) is 3.22. The average molecular weight is 547 g/mol. The number of nitrogens with one attached hydrogen (secondary N) is 1. The van der Waals surface area contributed by atoms with Crippen LogP contribution >= 0.6 is 11.8 Å². The molecule has 3 amide bonds. The van der Waals surface area contributed by atoms with Crippen LogP contribution in [0.3, 0.4) is 0 Å². The van der Waals surface area contributed by atoms with Crippen LogP contribution < -0.4 is 14.8 Å². The van der Waals surface area contributed by atoms with Gasteiger partial charge >= 0.3 is 0 Å². The number of ether oxygens (including phenoxy) is 2. The number of pyridine rings is 1. The zero-order chi connectivity index (χ0) is 27.5. The van der Waals surface area contributed by atoms with Crippen LogP contribution in [0.15, 0.2) is 47.4 Å². The Hall–Kier alpha value is -3.89. The molecule has 1 fully saturated rings. The number of aromatic nitrogens is 1. The van der Waals surface area contributed by atoms with Gasteiger partial charge in [-0.1, -0.05) is 31.2 Å². The summed E-state index contributed by atoms with van der Waals surface area (Å²) in [7, 11) is 3.08. The lowest BCUT2D eigenvalue weighted by molar-refractivity contribution is -0.122. The maximum absolute atomic E-state index is 13.5. The van der Waals surface area contributed by atoms with Crippen LogP contribution in [0.1, 0.15) is 34.1 Å². The number of hydrogen-bond acceptors (Lipinski definition) is 8. The zero-order valence-corrected chi connectivity index (χ0v) is 23.0. The summed E-state index contributed by atoms with van der Waals surface area (Å²) in [6, 6.07) is 12.9. The molecular weight excluding hydrogens is 516 g/mol. The first-order chi connectivity index (χ1) is 18.9. The number of carbonyl (C=O) groups is 3. The summed E-state index contributed by atoms with van der Waals surface area (Å²) >= 11 is 0.878. The molecule has 3 heterocycles. The Bertz CT molecular complexity index is 1490. The fourth-order valence-corrected chi connectivity index (χ4v) is 5.80. The third-order valence-corrected chi connectivity index (χ3v) is 7.91. The van der Waals surface area contributed by atoms with E-state index < -0.39 is 0 Å². The van der Waals surface area contributed by atoms with Crippen molar-refractivity contribution in [2.24, 2.45) is 0 Å². The Morgan fingerprint density at radius 1 is 1.13 bits per heavy atom. The van der Waals surface area contributed by atoms with Crippen molar-refractivity contribution in [2.45, 2.75) is 19.9 Å². The molecule has 0 radical (unpaired) electrons. The van der Waals surface area contributed by atoms with Crippen LogP contribution in [0.5, 0.6) is 11.5 Å². The fraction of sp³-hybridized carbons (Fsp3) is 0.310. The molecule has 0 atom stereocenters. The van der Waals surface area contributed by atoms with E-state index in [1.54, 1.807) is 31.4 Å². The number of likely N-dealkylation sites (N-methyl/N-ethyl adjacent to an activating group) is 1.